The highest BCUT2D eigenvalue weighted by atomic mass is 19.1. The third-order valence-corrected chi connectivity index (χ3v) is 4.21. The molecule has 0 unspecified atom stereocenters. The largest absolute Gasteiger partial charge is 0.478 e. The van der Waals surface area contributed by atoms with Crippen LogP contribution in [0.4, 0.5) is 15.8 Å². The molecule has 0 aliphatic carbocycles. The van der Waals surface area contributed by atoms with E-state index in [9.17, 15) is 9.18 Å². The van der Waals surface area contributed by atoms with E-state index in [0.717, 1.165) is 18.8 Å². The van der Waals surface area contributed by atoms with Crippen molar-refractivity contribution in [2.45, 2.75) is 19.4 Å². The number of anilines is 2. The molecular weight excluding hydrogens is 335 g/mol. The first-order chi connectivity index (χ1) is 12.4. The monoisotopic (exact) mass is 358 g/mol. The fraction of sp³-hybridized carbons (Fsp3) is 0.350. The molecule has 1 aliphatic heterocycles. The average molecular weight is 358 g/mol. The fourth-order valence-electron chi connectivity index (χ4n) is 2.73. The van der Waals surface area contributed by atoms with E-state index in [2.05, 4.69) is 10.2 Å². The first-order valence-corrected chi connectivity index (χ1v) is 8.63. The van der Waals surface area contributed by atoms with Crippen LogP contribution < -0.4 is 15.0 Å². The van der Waals surface area contributed by atoms with Gasteiger partial charge in [0.1, 0.15) is 11.6 Å². The summed E-state index contributed by atoms with van der Waals surface area (Å²) in [5, 5.41) is 2.90. The van der Waals surface area contributed by atoms with Crippen LogP contribution in [0.5, 0.6) is 5.75 Å². The number of ether oxygens (including phenoxy) is 2. The second-order valence-corrected chi connectivity index (χ2v) is 6.67. The van der Waals surface area contributed by atoms with Crippen molar-refractivity contribution in [3.05, 3.63) is 54.3 Å². The maximum absolute atomic E-state index is 13.0. The Morgan fingerprint density at radius 2 is 1.85 bits per heavy atom. The SMILES string of the molecule is CC(C)(Oc1ccc(F)cc1)C(=O)Nc1cccc(N2CCOCC2)c1. The van der Waals surface area contributed by atoms with Crippen molar-refractivity contribution in [1.82, 2.24) is 0 Å². The summed E-state index contributed by atoms with van der Waals surface area (Å²) in [7, 11) is 0. The minimum Gasteiger partial charge on any atom is -0.478 e. The number of nitrogens with one attached hydrogen (secondary N) is 1. The van der Waals surface area contributed by atoms with Gasteiger partial charge < -0.3 is 19.7 Å². The van der Waals surface area contributed by atoms with Gasteiger partial charge in [0.25, 0.3) is 5.91 Å². The van der Waals surface area contributed by atoms with Crippen LogP contribution in [-0.2, 0) is 9.53 Å². The number of benzene rings is 2. The van der Waals surface area contributed by atoms with Crippen LogP contribution in [0.3, 0.4) is 0 Å². The lowest BCUT2D eigenvalue weighted by molar-refractivity contribution is -0.128. The van der Waals surface area contributed by atoms with Crippen molar-refractivity contribution in [2.75, 3.05) is 36.5 Å². The summed E-state index contributed by atoms with van der Waals surface area (Å²) in [5.41, 5.74) is 0.644. The van der Waals surface area contributed by atoms with E-state index in [-0.39, 0.29) is 11.7 Å². The highest BCUT2D eigenvalue weighted by Crippen LogP contribution is 2.23. The molecule has 1 amide bonds. The smallest absolute Gasteiger partial charge is 0.267 e. The number of morpholine rings is 1. The third-order valence-electron chi connectivity index (χ3n) is 4.21. The summed E-state index contributed by atoms with van der Waals surface area (Å²) in [4.78, 5) is 14.9. The molecule has 0 aromatic heterocycles. The molecule has 0 bridgehead atoms. The Labute approximate surface area is 152 Å². The lowest BCUT2D eigenvalue weighted by Gasteiger charge is -2.29. The minimum atomic E-state index is -1.10. The van der Waals surface area contributed by atoms with Crippen molar-refractivity contribution >= 4 is 17.3 Å². The van der Waals surface area contributed by atoms with Gasteiger partial charge in [-0.3, -0.25) is 4.79 Å². The van der Waals surface area contributed by atoms with Gasteiger partial charge in [-0.05, 0) is 56.3 Å². The molecule has 0 saturated carbocycles. The van der Waals surface area contributed by atoms with Gasteiger partial charge in [0.15, 0.2) is 5.60 Å². The topological polar surface area (TPSA) is 50.8 Å². The van der Waals surface area contributed by atoms with Crippen LogP contribution in [0.25, 0.3) is 0 Å². The van der Waals surface area contributed by atoms with Gasteiger partial charge in [0.2, 0.25) is 0 Å². The lowest BCUT2D eigenvalue weighted by Crippen LogP contribution is -2.42. The Balaban J connectivity index is 1.67. The molecule has 138 valence electrons. The van der Waals surface area contributed by atoms with E-state index in [1.807, 2.05) is 24.3 Å². The Bertz CT molecular complexity index is 756. The number of halogens is 1. The zero-order chi connectivity index (χ0) is 18.6. The van der Waals surface area contributed by atoms with Crippen molar-refractivity contribution < 1.29 is 18.7 Å². The van der Waals surface area contributed by atoms with Gasteiger partial charge in [0, 0.05) is 24.5 Å². The average Bonchev–Trinajstić information content (AvgIpc) is 2.64. The van der Waals surface area contributed by atoms with Gasteiger partial charge in [-0.1, -0.05) is 6.07 Å². The molecule has 1 heterocycles. The predicted molar refractivity (Wildman–Crippen MR) is 99.2 cm³/mol. The van der Waals surface area contributed by atoms with Crippen LogP contribution >= 0.6 is 0 Å². The van der Waals surface area contributed by atoms with Crippen molar-refractivity contribution in [3.8, 4) is 5.75 Å². The van der Waals surface area contributed by atoms with E-state index in [4.69, 9.17) is 9.47 Å². The number of hydrogen-bond acceptors (Lipinski definition) is 4. The third kappa shape index (κ3) is 4.52. The molecule has 6 heteroatoms. The molecule has 3 rings (SSSR count). The highest BCUT2D eigenvalue weighted by Gasteiger charge is 2.30. The van der Waals surface area contributed by atoms with Crippen LogP contribution in [0, 0.1) is 5.82 Å². The van der Waals surface area contributed by atoms with Gasteiger partial charge >= 0.3 is 0 Å². The molecule has 5 nitrogen and oxygen atoms in total. The molecule has 0 radical (unpaired) electrons. The second kappa shape index (κ2) is 7.74. The molecule has 1 N–H and O–H groups in total. The second-order valence-electron chi connectivity index (χ2n) is 6.67. The molecule has 0 atom stereocenters. The van der Waals surface area contributed by atoms with Crippen molar-refractivity contribution in [1.29, 1.82) is 0 Å². The van der Waals surface area contributed by atoms with Crippen LogP contribution in [0.15, 0.2) is 48.5 Å². The molecule has 0 spiro atoms. The summed E-state index contributed by atoms with van der Waals surface area (Å²) < 4.78 is 24.1. The quantitative estimate of drug-likeness (QED) is 0.889. The van der Waals surface area contributed by atoms with Gasteiger partial charge in [-0.15, -0.1) is 0 Å². The zero-order valence-electron chi connectivity index (χ0n) is 15.0. The molecule has 2 aromatic rings. The van der Waals surface area contributed by atoms with E-state index in [0.29, 0.717) is 24.7 Å². The van der Waals surface area contributed by atoms with Crippen molar-refractivity contribution in [3.63, 3.8) is 0 Å². The minimum absolute atomic E-state index is 0.277. The molecule has 1 saturated heterocycles. The molecule has 1 aliphatic rings. The molecule has 1 fully saturated rings. The Hall–Kier alpha value is -2.60. The fourth-order valence-corrected chi connectivity index (χ4v) is 2.73. The summed E-state index contributed by atoms with van der Waals surface area (Å²) in [6.45, 7) is 6.42. The van der Waals surface area contributed by atoms with Gasteiger partial charge in [-0.25, -0.2) is 4.39 Å². The van der Waals surface area contributed by atoms with E-state index in [1.165, 1.54) is 24.3 Å². The van der Waals surface area contributed by atoms with Crippen LogP contribution in [-0.4, -0.2) is 37.8 Å². The summed E-state index contributed by atoms with van der Waals surface area (Å²) >= 11 is 0. The Morgan fingerprint density at radius 1 is 1.15 bits per heavy atom. The first-order valence-electron chi connectivity index (χ1n) is 8.63. The molecular formula is C20H23FN2O3. The number of hydrogen-bond donors (Lipinski definition) is 1. The summed E-state index contributed by atoms with van der Waals surface area (Å²) in [6.07, 6.45) is 0. The zero-order valence-corrected chi connectivity index (χ0v) is 15.0. The van der Waals surface area contributed by atoms with E-state index in [1.54, 1.807) is 13.8 Å². The Kier molecular flexibility index (Phi) is 5.42. The van der Waals surface area contributed by atoms with Crippen LogP contribution in [0.2, 0.25) is 0 Å². The molecule has 26 heavy (non-hydrogen) atoms. The number of carbonyl (C=O) groups is 1. The Morgan fingerprint density at radius 3 is 2.54 bits per heavy atom. The maximum atomic E-state index is 13.0. The number of amides is 1. The predicted octanol–water partition coefficient (Wildman–Crippen LogP) is 3.46. The normalized spacial score (nSPS) is 14.8. The van der Waals surface area contributed by atoms with E-state index < -0.39 is 5.60 Å². The lowest BCUT2D eigenvalue weighted by atomic mass is 10.1. The van der Waals surface area contributed by atoms with E-state index >= 15 is 0 Å². The number of rotatable bonds is 5. The summed E-state index contributed by atoms with van der Waals surface area (Å²) in [6, 6.07) is 13.3. The number of carbonyl (C=O) groups excluding carboxylic acids is 1. The van der Waals surface area contributed by atoms with Crippen molar-refractivity contribution in [2.24, 2.45) is 0 Å². The summed E-state index contributed by atoms with van der Waals surface area (Å²) in [5.74, 6) is -0.186. The van der Waals surface area contributed by atoms with Crippen LogP contribution in [0.1, 0.15) is 13.8 Å². The van der Waals surface area contributed by atoms with Gasteiger partial charge in [0.05, 0.1) is 13.2 Å². The number of nitrogens with zero attached hydrogens (tertiary/aromatic N) is 1. The van der Waals surface area contributed by atoms with Gasteiger partial charge in [-0.2, -0.15) is 0 Å². The molecule has 2 aromatic carbocycles. The highest BCUT2D eigenvalue weighted by molar-refractivity contribution is 5.97. The standard InChI is InChI=1S/C20H23FN2O3/c1-20(2,26-18-8-6-15(21)7-9-18)19(24)22-16-4-3-5-17(14-16)23-10-12-25-13-11-23/h3-9,14H,10-13H2,1-2H3,(H,22,24). The first kappa shape index (κ1) is 18.2. The maximum Gasteiger partial charge on any atom is 0.267 e.